The second-order valence-electron chi connectivity index (χ2n) is 4.75. The fraction of sp³-hybridized carbons (Fsp3) is 0.571. The minimum absolute atomic E-state index is 0.121. The number of rotatable bonds is 5. The van der Waals surface area contributed by atoms with E-state index in [9.17, 15) is 4.39 Å². The van der Waals surface area contributed by atoms with Gasteiger partial charge in [-0.1, -0.05) is 20.3 Å². The normalized spacial score (nSPS) is 14.7. The lowest BCUT2D eigenvalue weighted by Crippen LogP contribution is -2.08. The molecule has 0 radical (unpaired) electrons. The van der Waals surface area contributed by atoms with Crippen molar-refractivity contribution in [1.29, 1.82) is 0 Å². The van der Waals surface area contributed by atoms with Gasteiger partial charge in [0.1, 0.15) is 5.82 Å². The molecule has 0 amide bonds. The van der Waals surface area contributed by atoms with E-state index >= 15 is 0 Å². The summed E-state index contributed by atoms with van der Waals surface area (Å²) in [5, 5.41) is 0. The van der Waals surface area contributed by atoms with Crippen molar-refractivity contribution in [3.63, 3.8) is 0 Å². The highest BCUT2D eigenvalue weighted by Crippen LogP contribution is 2.30. The van der Waals surface area contributed by atoms with Crippen molar-refractivity contribution in [2.75, 3.05) is 5.75 Å². The Kier molecular flexibility index (Phi) is 5.47. The lowest BCUT2D eigenvalue weighted by atomic mass is 10.1. The van der Waals surface area contributed by atoms with Crippen LogP contribution in [0, 0.1) is 18.7 Å². The number of nitrogens with two attached hydrogens (primary N) is 1. The SMILES string of the molecule is CCC(C)CSc1cc(C)c(F)cc1C(C)N. The molecule has 0 heterocycles. The van der Waals surface area contributed by atoms with Crippen molar-refractivity contribution in [2.45, 2.75) is 45.1 Å². The molecular weight excluding hydrogens is 233 g/mol. The fourth-order valence-electron chi connectivity index (χ4n) is 1.50. The molecule has 0 bridgehead atoms. The van der Waals surface area contributed by atoms with E-state index in [0.717, 1.165) is 16.2 Å². The van der Waals surface area contributed by atoms with Gasteiger partial charge in [-0.05, 0) is 43.0 Å². The van der Waals surface area contributed by atoms with Gasteiger partial charge in [0.25, 0.3) is 0 Å². The Balaban J connectivity index is 2.92. The van der Waals surface area contributed by atoms with Crippen LogP contribution < -0.4 is 5.73 Å². The van der Waals surface area contributed by atoms with Gasteiger partial charge in [0.05, 0.1) is 0 Å². The Morgan fingerprint density at radius 3 is 2.53 bits per heavy atom. The third-order valence-corrected chi connectivity index (χ3v) is 4.40. The Bertz CT molecular complexity index is 377. The third-order valence-electron chi connectivity index (χ3n) is 3.00. The summed E-state index contributed by atoms with van der Waals surface area (Å²) in [6.45, 7) is 8.12. The summed E-state index contributed by atoms with van der Waals surface area (Å²) in [7, 11) is 0. The Hall–Kier alpha value is -0.540. The molecule has 0 saturated heterocycles. The van der Waals surface area contributed by atoms with Crippen molar-refractivity contribution in [2.24, 2.45) is 11.7 Å². The zero-order valence-electron chi connectivity index (χ0n) is 11.1. The van der Waals surface area contributed by atoms with Gasteiger partial charge in [-0.3, -0.25) is 0 Å². The molecule has 1 rings (SSSR count). The molecule has 1 nitrogen and oxygen atoms in total. The van der Waals surface area contributed by atoms with Gasteiger partial charge in [0.2, 0.25) is 0 Å². The van der Waals surface area contributed by atoms with E-state index in [-0.39, 0.29) is 11.9 Å². The Labute approximate surface area is 108 Å². The summed E-state index contributed by atoms with van der Waals surface area (Å²) in [6, 6.07) is 3.38. The minimum atomic E-state index is -0.162. The first kappa shape index (κ1) is 14.5. The number of hydrogen-bond acceptors (Lipinski definition) is 2. The maximum atomic E-state index is 13.5. The smallest absolute Gasteiger partial charge is 0.126 e. The summed E-state index contributed by atoms with van der Waals surface area (Å²) in [5.41, 5.74) is 7.51. The molecule has 0 aliphatic heterocycles. The van der Waals surface area contributed by atoms with E-state index in [1.54, 1.807) is 24.8 Å². The number of benzene rings is 1. The zero-order valence-corrected chi connectivity index (χ0v) is 11.9. The van der Waals surface area contributed by atoms with E-state index in [4.69, 9.17) is 5.73 Å². The van der Waals surface area contributed by atoms with E-state index in [0.29, 0.717) is 11.5 Å². The van der Waals surface area contributed by atoms with Crippen molar-refractivity contribution >= 4 is 11.8 Å². The van der Waals surface area contributed by atoms with Gasteiger partial charge in [0, 0.05) is 16.7 Å². The summed E-state index contributed by atoms with van der Waals surface area (Å²) in [5.74, 6) is 1.57. The molecule has 0 fully saturated rings. The number of aryl methyl sites for hydroxylation is 1. The lowest BCUT2D eigenvalue weighted by Gasteiger charge is -2.15. The van der Waals surface area contributed by atoms with Crippen molar-refractivity contribution in [3.8, 4) is 0 Å². The molecule has 96 valence electrons. The van der Waals surface area contributed by atoms with Gasteiger partial charge >= 0.3 is 0 Å². The highest BCUT2D eigenvalue weighted by molar-refractivity contribution is 7.99. The molecule has 1 aromatic rings. The topological polar surface area (TPSA) is 26.0 Å². The molecular formula is C14H22FNS. The van der Waals surface area contributed by atoms with Crippen LogP contribution in [0.15, 0.2) is 17.0 Å². The van der Waals surface area contributed by atoms with Gasteiger partial charge in [-0.25, -0.2) is 4.39 Å². The van der Waals surface area contributed by atoms with Crippen LogP contribution in [0.25, 0.3) is 0 Å². The molecule has 0 aliphatic carbocycles. The van der Waals surface area contributed by atoms with Crippen molar-refractivity contribution in [1.82, 2.24) is 0 Å². The molecule has 0 spiro atoms. The van der Waals surface area contributed by atoms with Crippen LogP contribution in [0.4, 0.5) is 4.39 Å². The lowest BCUT2D eigenvalue weighted by molar-refractivity contribution is 0.609. The largest absolute Gasteiger partial charge is 0.324 e. The molecule has 0 saturated carbocycles. The van der Waals surface area contributed by atoms with Crippen LogP contribution in [0.3, 0.4) is 0 Å². The van der Waals surface area contributed by atoms with E-state index in [2.05, 4.69) is 13.8 Å². The Morgan fingerprint density at radius 1 is 1.35 bits per heavy atom. The highest BCUT2D eigenvalue weighted by Gasteiger charge is 2.12. The van der Waals surface area contributed by atoms with Crippen LogP contribution in [0.5, 0.6) is 0 Å². The summed E-state index contributed by atoms with van der Waals surface area (Å²) >= 11 is 1.78. The zero-order chi connectivity index (χ0) is 13.0. The summed E-state index contributed by atoms with van der Waals surface area (Å²) in [4.78, 5) is 1.12. The average molecular weight is 255 g/mol. The van der Waals surface area contributed by atoms with Crippen LogP contribution in [-0.2, 0) is 0 Å². The molecule has 2 N–H and O–H groups in total. The molecule has 3 heteroatoms. The van der Waals surface area contributed by atoms with E-state index in [1.165, 1.54) is 6.42 Å². The minimum Gasteiger partial charge on any atom is -0.324 e. The van der Waals surface area contributed by atoms with Crippen LogP contribution in [0.2, 0.25) is 0 Å². The third kappa shape index (κ3) is 4.00. The predicted molar refractivity (Wildman–Crippen MR) is 73.9 cm³/mol. The monoisotopic (exact) mass is 255 g/mol. The van der Waals surface area contributed by atoms with E-state index in [1.807, 2.05) is 13.0 Å². The molecule has 0 aliphatic rings. The maximum absolute atomic E-state index is 13.5. The molecule has 0 aromatic heterocycles. The van der Waals surface area contributed by atoms with Gasteiger partial charge < -0.3 is 5.73 Å². The molecule has 2 unspecified atom stereocenters. The number of hydrogen-bond donors (Lipinski definition) is 1. The predicted octanol–water partition coefficient (Wildman–Crippen LogP) is 4.29. The van der Waals surface area contributed by atoms with Gasteiger partial charge in [-0.2, -0.15) is 0 Å². The van der Waals surface area contributed by atoms with Crippen LogP contribution >= 0.6 is 11.8 Å². The van der Waals surface area contributed by atoms with Gasteiger partial charge in [0.15, 0.2) is 0 Å². The quantitative estimate of drug-likeness (QED) is 0.794. The first-order valence-corrected chi connectivity index (χ1v) is 7.12. The van der Waals surface area contributed by atoms with Gasteiger partial charge in [-0.15, -0.1) is 11.8 Å². The Morgan fingerprint density at radius 2 is 2.00 bits per heavy atom. The first-order chi connectivity index (χ1) is 7.95. The summed E-state index contributed by atoms with van der Waals surface area (Å²) in [6.07, 6.45) is 1.17. The molecule has 1 aromatic carbocycles. The molecule has 17 heavy (non-hydrogen) atoms. The van der Waals surface area contributed by atoms with Crippen molar-refractivity contribution in [3.05, 3.63) is 29.1 Å². The van der Waals surface area contributed by atoms with Crippen LogP contribution in [-0.4, -0.2) is 5.75 Å². The standard InChI is InChI=1S/C14H22FNS/c1-5-9(2)8-17-14-6-10(3)13(15)7-12(14)11(4)16/h6-7,9,11H,5,8,16H2,1-4H3. The fourth-order valence-corrected chi connectivity index (χ4v) is 2.87. The summed E-state index contributed by atoms with van der Waals surface area (Å²) < 4.78 is 13.5. The average Bonchev–Trinajstić information content (AvgIpc) is 2.29. The number of thioether (sulfide) groups is 1. The van der Waals surface area contributed by atoms with Crippen LogP contribution in [0.1, 0.15) is 44.4 Å². The maximum Gasteiger partial charge on any atom is 0.126 e. The highest BCUT2D eigenvalue weighted by atomic mass is 32.2. The second-order valence-corrected chi connectivity index (χ2v) is 5.81. The molecule has 2 atom stereocenters. The van der Waals surface area contributed by atoms with E-state index < -0.39 is 0 Å². The second kappa shape index (κ2) is 6.41. The first-order valence-electron chi connectivity index (χ1n) is 6.14. The number of halogens is 1. The van der Waals surface area contributed by atoms with Crippen molar-refractivity contribution < 1.29 is 4.39 Å².